The van der Waals surface area contributed by atoms with Crippen LogP contribution in [0.1, 0.15) is 5.56 Å². The Labute approximate surface area is 463 Å². The van der Waals surface area contributed by atoms with Gasteiger partial charge < -0.3 is 9.47 Å². The number of rotatable bonds is 22. The van der Waals surface area contributed by atoms with Gasteiger partial charge in [0.2, 0.25) is 19.7 Å². The highest BCUT2D eigenvalue weighted by Crippen LogP contribution is 2.41. The van der Waals surface area contributed by atoms with E-state index in [-0.39, 0.29) is 47.5 Å². The van der Waals surface area contributed by atoms with E-state index in [0.717, 1.165) is 56.8 Å². The average Bonchev–Trinajstić information content (AvgIpc) is 3.42. The van der Waals surface area contributed by atoms with E-state index in [0.29, 0.717) is 45.7 Å². The maximum Gasteiger partial charge on any atom is 0.298 e. The van der Waals surface area contributed by atoms with Crippen LogP contribution in [-0.4, -0.2) is 59.5 Å². The normalized spacial score (nSPS) is 12.1. The summed E-state index contributed by atoms with van der Waals surface area (Å²) in [6.45, 7) is 1.65. The molecule has 27 heteroatoms. The number of aryl methyl sites for hydroxylation is 1. The van der Waals surface area contributed by atoms with Crippen LogP contribution in [0.15, 0.2) is 233 Å². The third kappa shape index (κ3) is 14.3. The lowest BCUT2D eigenvalue weighted by Gasteiger charge is -2.14. The number of hydrogen-bond donors (Lipinski definition) is 4. The van der Waals surface area contributed by atoms with Crippen molar-refractivity contribution >= 4 is 99.3 Å². The summed E-state index contributed by atoms with van der Waals surface area (Å²) in [6, 6.07) is 42.3. The molecule has 8 aromatic rings. The minimum Gasteiger partial charge on any atom is -0.456 e. The zero-order valence-corrected chi connectivity index (χ0v) is 46.7. The smallest absolute Gasteiger partial charge is 0.298 e. The predicted molar refractivity (Wildman–Crippen MR) is 287 cm³/mol. The highest BCUT2D eigenvalue weighted by atomic mass is 32.2. The first-order valence-electron chi connectivity index (χ1n) is 21.6. The molecule has 400 valence electrons. The maximum atomic E-state index is 14.0. The minimum absolute atomic E-state index is 0.00905. The lowest BCUT2D eigenvalue weighted by atomic mass is 10.1. The van der Waals surface area contributed by atoms with Crippen LogP contribution in [0.5, 0.6) is 23.0 Å². The van der Waals surface area contributed by atoms with Crippen LogP contribution in [-0.2, 0) is 58.7 Å². The standard InChI is InChI=1S/C50H38O18S9/c1-31-3-20-40(27-47(31)72-67-65-51)74(53,54)42-22-25-45(49(29-42)76(57,58)59)64-35-10-6-33(7-11-35)32-4-8-34(9-5-32)63-44-24-21-41(28-48(44)73-68-66-52)75(55,56)43-23-26-46(50(30-43)77(60,61)62)71-39-18-16-38(17-19-39)70-37-14-12-36(69-2)13-15-37/h3-30,51-52H,1-2H3,(H,57,58,59)(H,60,61,62). The Bertz CT molecular complexity index is 3900. The van der Waals surface area contributed by atoms with Gasteiger partial charge in [-0.05, 0) is 169 Å². The Morgan fingerprint density at radius 1 is 0.403 bits per heavy atom. The maximum absolute atomic E-state index is 14.0. The van der Waals surface area contributed by atoms with Crippen molar-refractivity contribution in [3.05, 3.63) is 175 Å². The van der Waals surface area contributed by atoms with E-state index in [2.05, 4.69) is 18.7 Å². The van der Waals surface area contributed by atoms with E-state index in [1.54, 1.807) is 79.0 Å². The molecule has 0 saturated heterocycles. The van der Waals surface area contributed by atoms with E-state index >= 15 is 0 Å². The van der Waals surface area contributed by atoms with Crippen molar-refractivity contribution in [3.8, 4) is 34.1 Å². The monoisotopic (exact) mass is 1210 g/mol. The van der Waals surface area contributed by atoms with E-state index in [1.165, 1.54) is 54.6 Å². The highest BCUT2D eigenvalue weighted by Gasteiger charge is 2.28. The molecule has 0 unspecified atom stereocenters. The van der Waals surface area contributed by atoms with E-state index in [1.807, 2.05) is 42.7 Å². The second kappa shape index (κ2) is 24.7. The van der Waals surface area contributed by atoms with Crippen LogP contribution < -0.4 is 9.47 Å². The van der Waals surface area contributed by atoms with Gasteiger partial charge in [0, 0.05) is 29.4 Å². The Morgan fingerprint density at radius 2 is 0.805 bits per heavy atom. The van der Waals surface area contributed by atoms with E-state index < -0.39 is 59.5 Å². The van der Waals surface area contributed by atoms with Gasteiger partial charge in [-0.3, -0.25) is 9.11 Å². The first-order chi connectivity index (χ1) is 36.7. The lowest BCUT2D eigenvalue weighted by molar-refractivity contribution is -0.432. The van der Waals surface area contributed by atoms with Crippen molar-refractivity contribution in [2.45, 2.75) is 70.6 Å². The number of ether oxygens (including phenoxy) is 2. The molecule has 77 heavy (non-hydrogen) atoms. The summed E-state index contributed by atoms with van der Waals surface area (Å²) < 4.78 is 147. The van der Waals surface area contributed by atoms with Crippen LogP contribution in [0.3, 0.4) is 0 Å². The van der Waals surface area contributed by atoms with Crippen molar-refractivity contribution in [2.24, 2.45) is 0 Å². The van der Waals surface area contributed by atoms with Crippen LogP contribution in [0.2, 0.25) is 0 Å². The van der Waals surface area contributed by atoms with Gasteiger partial charge >= 0.3 is 0 Å². The molecule has 0 amide bonds. The first kappa shape index (κ1) is 57.8. The second-order valence-corrected chi connectivity index (χ2v) is 27.1. The quantitative estimate of drug-likeness (QED) is 0.0161. The molecule has 0 bridgehead atoms. The van der Waals surface area contributed by atoms with Gasteiger partial charge in [0.25, 0.3) is 20.2 Å². The van der Waals surface area contributed by atoms with Crippen molar-refractivity contribution in [3.63, 3.8) is 0 Å². The van der Waals surface area contributed by atoms with Gasteiger partial charge in [-0.2, -0.15) is 16.8 Å². The lowest BCUT2D eigenvalue weighted by Crippen LogP contribution is -2.07. The summed E-state index contributed by atoms with van der Waals surface area (Å²) in [4.78, 5) is 1.16. The number of thioether (sulfide) groups is 1. The van der Waals surface area contributed by atoms with E-state index in [9.17, 15) is 42.8 Å². The molecule has 0 spiro atoms. The molecular weight excluding hydrogens is 1180 g/mol. The number of sulfone groups is 2. The van der Waals surface area contributed by atoms with Crippen molar-refractivity contribution < 1.29 is 81.5 Å². The number of benzene rings is 8. The average molecular weight is 1220 g/mol. The van der Waals surface area contributed by atoms with Crippen LogP contribution in [0, 0.1) is 6.92 Å². The molecule has 0 aliphatic heterocycles. The molecule has 0 fully saturated rings. The molecule has 4 N–H and O–H groups in total. The summed E-state index contributed by atoms with van der Waals surface area (Å²) in [5, 5.41) is 24.9. The Hall–Kier alpha value is -5.41. The molecule has 0 saturated carbocycles. The molecule has 8 rings (SSSR count). The molecule has 0 aliphatic rings. The molecule has 0 heterocycles. The largest absolute Gasteiger partial charge is 0.456 e. The SMILES string of the molecule is CSc1ccc(Sc2ccc(Sc3ccc(S(=O)(=O)c4ccc(Oc5ccc(-c6ccc(Oc7ccc(S(=O)(=O)c8ccc(C)c(SOOO)c8)cc7S(=O)(=O)O)cc6)cc5)c(SOOO)c4)cc3S(=O)(=O)O)cc2)cc1. The van der Waals surface area contributed by atoms with E-state index in [4.69, 9.17) is 20.0 Å². The fourth-order valence-electron chi connectivity index (χ4n) is 7.07. The predicted octanol–water partition coefficient (Wildman–Crippen LogP) is 13.3. The van der Waals surface area contributed by atoms with Gasteiger partial charge in [-0.25, -0.2) is 27.4 Å². The molecule has 0 aromatic heterocycles. The van der Waals surface area contributed by atoms with Crippen LogP contribution in [0.4, 0.5) is 0 Å². The molecule has 18 nitrogen and oxygen atoms in total. The second-order valence-electron chi connectivity index (χ2n) is 15.8. The first-order valence-corrected chi connectivity index (χ1v) is 31.8. The van der Waals surface area contributed by atoms with Gasteiger partial charge in [0.15, 0.2) is 0 Å². The molecule has 0 radical (unpaired) electrons. The molecule has 0 aliphatic carbocycles. The summed E-state index contributed by atoms with van der Waals surface area (Å²) >= 11 is 5.16. The van der Waals surface area contributed by atoms with Crippen LogP contribution >= 0.6 is 59.4 Å². The summed E-state index contributed by atoms with van der Waals surface area (Å²) in [6.07, 6.45) is 2.00. The summed E-state index contributed by atoms with van der Waals surface area (Å²) in [5.74, 6) is 0.0825. The zero-order chi connectivity index (χ0) is 55.1. The topological polar surface area (TPSA) is 273 Å². The fraction of sp³-hybridized carbons (Fsp3) is 0.0400. The molecule has 0 atom stereocenters. The highest BCUT2D eigenvalue weighted by molar-refractivity contribution is 8.00. The molecular formula is C50H38O18S9. The van der Waals surface area contributed by atoms with Crippen molar-refractivity contribution in [2.75, 3.05) is 6.26 Å². The van der Waals surface area contributed by atoms with Gasteiger partial charge in [0.1, 0.15) is 32.8 Å². The summed E-state index contributed by atoms with van der Waals surface area (Å²) in [5.41, 5.74) is 1.92. The van der Waals surface area contributed by atoms with Gasteiger partial charge in [-0.1, -0.05) is 63.9 Å². The van der Waals surface area contributed by atoms with Crippen molar-refractivity contribution in [1.29, 1.82) is 0 Å². The Morgan fingerprint density at radius 3 is 1.30 bits per heavy atom. The fourth-order valence-corrected chi connectivity index (χ4v) is 14.7. The molecule has 8 aromatic carbocycles. The van der Waals surface area contributed by atoms with Gasteiger partial charge in [-0.15, -0.1) is 20.4 Å². The zero-order valence-electron chi connectivity index (χ0n) is 39.3. The third-order valence-electron chi connectivity index (χ3n) is 10.9. The Kier molecular flexibility index (Phi) is 18.5. The third-order valence-corrected chi connectivity index (χ3v) is 20.5. The Balaban J connectivity index is 0.957. The van der Waals surface area contributed by atoms with Crippen LogP contribution in [0.25, 0.3) is 11.1 Å². The summed E-state index contributed by atoms with van der Waals surface area (Å²) in [7, 11) is -18.8. The minimum atomic E-state index is -5.02. The number of hydrogen-bond acceptors (Lipinski definition) is 21. The van der Waals surface area contributed by atoms with Gasteiger partial charge in [0.05, 0.1) is 48.6 Å². The van der Waals surface area contributed by atoms with Crippen molar-refractivity contribution in [1.82, 2.24) is 0 Å².